The fraction of sp³-hybridized carbons (Fsp3) is 0.448. The number of anilines is 1. The molecule has 0 aliphatic heterocycles. The van der Waals surface area contributed by atoms with Crippen molar-refractivity contribution in [2.75, 3.05) is 25.6 Å². The predicted octanol–water partition coefficient (Wildman–Crippen LogP) is 3.17. The van der Waals surface area contributed by atoms with Crippen LogP contribution in [0.2, 0.25) is 0 Å². The van der Waals surface area contributed by atoms with Crippen LogP contribution in [0.5, 0.6) is 5.75 Å². The lowest BCUT2D eigenvalue weighted by Gasteiger charge is -2.41. The Hall–Kier alpha value is -4.06. The number of benzene rings is 1. The van der Waals surface area contributed by atoms with E-state index >= 15 is 0 Å². The average Bonchev–Trinajstić information content (AvgIpc) is 2.82. The third-order valence-corrected chi connectivity index (χ3v) is 7.48. The molecule has 1 aromatic rings. The van der Waals surface area contributed by atoms with Crippen LogP contribution in [0.4, 0.5) is 5.69 Å². The lowest BCUT2D eigenvalue weighted by molar-refractivity contribution is -0.137. The summed E-state index contributed by atoms with van der Waals surface area (Å²) in [6.45, 7) is 3.36. The van der Waals surface area contributed by atoms with Gasteiger partial charge in [-0.15, -0.1) is 0 Å². The number of ether oxygens (including phenoxy) is 1. The monoisotopic (exact) mass is 521 g/mol. The first-order valence-corrected chi connectivity index (χ1v) is 12.7. The number of carbonyl (C=O) groups excluding carboxylic acids is 4. The second kappa shape index (κ2) is 10.4. The third kappa shape index (κ3) is 4.55. The average molecular weight is 522 g/mol. The maximum absolute atomic E-state index is 13.6. The number of allylic oxidation sites excluding steroid dienone is 3. The van der Waals surface area contributed by atoms with E-state index in [4.69, 9.17) is 4.74 Å². The molecule has 1 saturated carbocycles. The number of phenols is 1. The molecule has 3 N–H and O–H groups in total. The van der Waals surface area contributed by atoms with E-state index in [0.29, 0.717) is 30.5 Å². The predicted molar refractivity (Wildman–Crippen MR) is 138 cm³/mol. The number of rotatable bonds is 5. The molecule has 3 unspecified atom stereocenters. The first-order valence-electron chi connectivity index (χ1n) is 12.7. The number of ketones is 3. The van der Waals surface area contributed by atoms with E-state index in [1.54, 1.807) is 25.1 Å². The zero-order valence-electron chi connectivity index (χ0n) is 21.9. The van der Waals surface area contributed by atoms with Crippen LogP contribution in [0, 0.1) is 29.6 Å². The van der Waals surface area contributed by atoms with Crippen molar-refractivity contribution < 1.29 is 39.2 Å². The summed E-state index contributed by atoms with van der Waals surface area (Å²) in [7, 11) is 3.57. The summed E-state index contributed by atoms with van der Waals surface area (Å²) < 4.78 is 5.05. The van der Waals surface area contributed by atoms with Crippen molar-refractivity contribution in [3.63, 3.8) is 0 Å². The van der Waals surface area contributed by atoms with Gasteiger partial charge in [-0.1, -0.05) is 19.3 Å². The van der Waals surface area contributed by atoms with Crippen LogP contribution >= 0.6 is 0 Å². The fourth-order valence-electron chi connectivity index (χ4n) is 5.76. The van der Waals surface area contributed by atoms with Gasteiger partial charge in [0, 0.05) is 37.7 Å². The van der Waals surface area contributed by atoms with E-state index in [2.05, 4.69) is 11.8 Å². The summed E-state index contributed by atoms with van der Waals surface area (Å²) in [5.41, 5.74) is 1.05. The Labute approximate surface area is 220 Å². The highest BCUT2D eigenvalue weighted by Crippen LogP contribution is 2.52. The number of aliphatic hydroxyl groups excluding tert-OH is 2. The second-order valence-corrected chi connectivity index (χ2v) is 10.2. The Morgan fingerprint density at radius 1 is 1.16 bits per heavy atom. The molecule has 0 saturated heterocycles. The van der Waals surface area contributed by atoms with Crippen LogP contribution in [-0.2, 0) is 30.3 Å². The Bertz CT molecular complexity index is 1370. The number of hydrogen-bond acceptors (Lipinski definition) is 9. The summed E-state index contributed by atoms with van der Waals surface area (Å²) in [6, 6.07) is 1.62. The lowest BCUT2D eigenvalue weighted by Crippen LogP contribution is -2.43. The zero-order valence-corrected chi connectivity index (χ0v) is 21.9. The molecule has 3 aliphatic rings. The van der Waals surface area contributed by atoms with E-state index in [1.807, 2.05) is 6.92 Å². The molecule has 4 rings (SSSR count). The summed E-state index contributed by atoms with van der Waals surface area (Å²) in [6.07, 6.45) is 2.16. The standard InChI is InChI=1S/C29H31NO8/c1-5-6-9-38-21(33)8-7-15-12-19(30(3)4)18-11-16-10-17-13-20(32)22(14(2)31)27(35)24(17)28(36)23(16)29(37)25(18)26(15)34/h12,16-17,24,34-35,37H,5-6,9-11,13H2,1-4H3. The quantitative estimate of drug-likeness (QED) is 0.230. The van der Waals surface area contributed by atoms with Gasteiger partial charge in [0.15, 0.2) is 17.3 Å². The molecular formula is C29H31NO8. The normalized spacial score (nSPS) is 22.2. The molecule has 0 bridgehead atoms. The van der Waals surface area contributed by atoms with Crippen molar-refractivity contribution in [3.05, 3.63) is 39.7 Å². The number of nitrogens with zero attached hydrogens (tertiary/aromatic N) is 1. The van der Waals surface area contributed by atoms with Gasteiger partial charge in [-0.05, 0) is 49.7 Å². The van der Waals surface area contributed by atoms with Gasteiger partial charge in [0.2, 0.25) is 0 Å². The second-order valence-electron chi connectivity index (χ2n) is 10.2. The number of phenolic OH excluding ortho intramolecular Hbond substituents is 1. The van der Waals surface area contributed by atoms with Crippen LogP contribution in [-0.4, -0.2) is 59.3 Å². The van der Waals surface area contributed by atoms with Gasteiger partial charge in [0.25, 0.3) is 0 Å². The molecule has 1 aromatic carbocycles. The van der Waals surface area contributed by atoms with Gasteiger partial charge < -0.3 is 25.0 Å². The molecule has 0 heterocycles. The smallest absolute Gasteiger partial charge is 0.384 e. The Morgan fingerprint density at radius 2 is 1.87 bits per heavy atom. The number of fused-ring (bicyclic) bond motifs is 3. The fourth-order valence-corrected chi connectivity index (χ4v) is 5.76. The third-order valence-electron chi connectivity index (χ3n) is 7.48. The van der Waals surface area contributed by atoms with Gasteiger partial charge in [0.05, 0.1) is 29.2 Å². The molecule has 0 spiro atoms. The van der Waals surface area contributed by atoms with Crippen molar-refractivity contribution in [1.82, 2.24) is 0 Å². The SMILES string of the molecule is CCCCOC(=O)C#Cc1cc(N(C)C)c2c(c1O)C(O)=C1C(=O)C3C(O)=C(C(C)=O)C(=O)CC3CC1C2. The highest BCUT2D eigenvalue weighted by atomic mass is 16.5. The largest absolute Gasteiger partial charge is 0.511 e. The van der Waals surface area contributed by atoms with E-state index in [-0.39, 0.29) is 41.1 Å². The van der Waals surface area contributed by atoms with Crippen molar-refractivity contribution >= 4 is 34.8 Å². The van der Waals surface area contributed by atoms with Crippen molar-refractivity contribution in [2.45, 2.75) is 46.0 Å². The van der Waals surface area contributed by atoms with Gasteiger partial charge in [-0.2, -0.15) is 0 Å². The van der Waals surface area contributed by atoms with Crippen molar-refractivity contribution in [1.29, 1.82) is 0 Å². The minimum absolute atomic E-state index is 0.0402. The highest BCUT2D eigenvalue weighted by Gasteiger charge is 2.51. The number of aromatic hydroxyl groups is 1. The molecule has 9 heteroatoms. The van der Waals surface area contributed by atoms with E-state index in [1.165, 1.54) is 0 Å². The van der Waals surface area contributed by atoms with Gasteiger partial charge in [0.1, 0.15) is 17.3 Å². The summed E-state index contributed by atoms with van der Waals surface area (Å²) >= 11 is 0. The molecular weight excluding hydrogens is 490 g/mol. The molecule has 3 aliphatic carbocycles. The molecule has 0 amide bonds. The summed E-state index contributed by atoms with van der Waals surface area (Å²) in [5.74, 6) is -0.839. The van der Waals surface area contributed by atoms with Gasteiger partial charge >= 0.3 is 5.97 Å². The molecule has 1 fully saturated rings. The first kappa shape index (κ1) is 27.0. The zero-order chi connectivity index (χ0) is 27.9. The Morgan fingerprint density at radius 3 is 2.50 bits per heavy atom. The molecule has 0 aromatic heterocycles. The number of hydrogen-bond donors (Lipinski definition) is 3. The minimum Gasteiger partial charge on any atom is -0.511 e. The first-order chi connectivity index (χ1) is 18.0. The maximum Gasteiger partial charge on any atom is 0.384 e. The summed E-state index contributed by atoms with van der Waals surface area (Å²) in [4.78, 5) is 51.9. The number of unbranched alkanes of at least 4 members (excludes halogenated alkanes) is 1. The van der Waals surface area contributed by atoms with Crippen molar-refractivity contribution in [2.24, 2.45) is 17.8 Å². The van der Waals surface area contributed by atoms with Crippen LogP contribution in [0.3, 0.4) is 0 Å². The topological polar surface area (TPSA) is 141 Å². The number of Topliss-reactive ketones (excluding diaryl/α,β-unsaturated/α-hetero) is 3. The summed E-state index contributed by atoms with van der Waals surface area (Å²) in [5, 5.41) is 33.3. The van der Waals surface area contributed by atoms with Gasteiger partial charge in [-0.25, -0.2) is 4.79 Å². The van der Waals surface area contributed by atoms with Gasteiger partial charge in [-0.3, -0.25) is 14.4 Å². The maximum atomic E-state index is 13.6. The number of carbonyl (C=O) groups is 4. The van der Waals surface area contributed by atoms with Crippen LogP contribution in [0.25, 0.3) is 5.76 Å². The van der Waals surface area contributed by atoms with E-state index in [0.717, 1.165) is 13.3 Å². The number of esters is 1. The van der Waals surface area contributed by atoms with Crippen LogP contribution < -0.4 is 4.90 Å². The van der Waals surface area contributed by atoms with Crippen LogP contribution in [0.1, 0.15) is 56.2 Å². The van der Waals surface area contributed by atoms with E-state index < -0.39 is 52.6 Å². The van der Waals surface area contributed by atoms with Crippen molar-refractivity contribution in [3.8, 4) is 17.6 Å². The Kier molecular flexibility index (Phi) is 7.36. The lowest BCUT2D eigenvalue weighted by atomic mass is 9.61. The molecule has 38 heavy (non-hydrogen) atoms. The molecule has 3 atom stereocenters. The Balaban J connectivity index is 1.82. The molecule has 0 radical (unpaired) electrons. The molecule has 200 valence electrons. The molecule has 9 nitrogen and oxygen atoms in total. The number of aliphatic hydroxyl groups is 2. The van der Waals surface area contributed by atoms with E-state index in [9.17, 15) is 34.5 Å². The highest BCUT2D eigenvalue weighted by molar-refractivity contribution is 6.22. The minimum atomic E-state index is -1.11. The van der Waals surface area contributed by atoms with Crippen LogP contribution in [0.15, 0.2) is 23.0 Å².